The molecular formula is C17H16N2. The van der Waals surface area contributed by atoms with Crippen molar-refractivity contribution >= 4 is 16.5 Å². The summed E-state index contributed by atoms with van der Waals surface area (Å²) in [5.74, 6) is 0. The number of nitrogen functional groups attached to an aromatic ring is 1. The molecule has 0 amide bonds. The molecule has 0 aliphatic carbocycles. The number of rotatable bonds is 1. The zero-order valence-electron chi connectivity index (χ0n) is 11.1. The van der Waals surface area contributed by atoms with Crippen LogP contribution in [0.3, 0.4) is 0 Å². The number of fused-ring (bicyclic) bond motifs is 1. The zero-order chi connectivity index (χ0) is 13.4. The second kappa shape index (κ2) is 4.39. The van der Waals surface area contributed by atoms with Gasteiger partial charge in [-0.05, 0) is 41.8 Å². The van der Waals surface area contributed by atoms with E-state index in [0.717, 1.165) is 22.5 Å². The fourth-order valence-corrected chi connectivity index (χ4v) is 2.46. The third-order valence-electron chi connectivity index (χ3n) is 3.58. The number of nitrogens with zero attached hydrogens (tertiary/aromatic N) is 1. The Morgan fingerprint density at radius 2 is 1.68 bits per heavy atom. The van der Waals surface area contributed by atoms with E-state index in [1.54, 1.807) is 0 Å². The number of aryl methyl sites for hydroxylation is 2. The minimum Gasteiger partial charge on any atom is -0.397 e. The molecule has 0 radical (unpaired) electrons. The predicted molar refractivity (Wildman–Crippen MR) is 81.1 cm³/mol. The van der Waals surface area contributed by atoms with Gasteiger partial charge >= 0.3 is 0 Å². The molecule has 0 aliphatic rings. The maximum atomic E-state index is 6.21. The Morgan fingerprint density at radius 3 is 2.53 bits per heavy atom. The molecule has 0 aliphatic heterocycles. The largest absolute Gasteiger partial charge is 0.397 e. The topological polar surface area (TPSA) is 38.9 Å². The molecule has 19 heavy (non-hydrogen) atoms. The number of pyridine rings is 1. The fraction of sp³-hybridized carbons (Fsp3) is 0.118. The summed E-state index contributed by atoms with van der Waals surface area (Å²) in [4.78, 5) is 4.50. The Balaban J connectivity index is 2.42. The van der Waals surface area contributed by atoms with Crippen LogP contribution in [0.1, 0.15) is 11.1 Å². The quantitative estimate of drug-likeness (QED) is 0.704. The first-order valence-electron chi connectivity index (χ1n) is 6.38. The highest BCUT2D eigenvalue weighted by Gasteiger charge is 2.12. The van der Waals surface area contributed by atoms with E-state index in [2.05, 4.69) is 48.3 Å². The van der Waals surface area contributed by atoms with Crippen molar-refractivity contribution in [3.63, 3.8) is 0 Å². The van der Waals surface area contributed by atoms with E-state index in [0.29, 0.717) is 0 Å². The van der Waals surface area contributed by atoms with Crippen LogP contribution in [0.25, 0.3) is 22.0 Å². The van der Waals surface area contributed by atoms with Gasteiger partial charge in [-0.25, -0.2) is 0 Å². The van der Waals surface area contributed by atoms with Gasteiger partial charge in [0.1, 0.15) is 0 Å². The molecule has 1 heterocycles. The Labute approximate surface area is 112 Å². The Bertz CT molecular complexity index is 760. The zero-order valence-corrected chi connectivity index (χ0v) is 11.1. The number of anilines is 1. The third-order valence-corrected chi connectivity index (χ3v) is 3.58. The average molecular weight is 248 g/mol. The van der Waals surface area contributed by atoms with Crippen LogP contribution >= 0.6 is 0 Å². The van der Waals surface area contributed by atoms with Crippen molar-refractivity contribution in [1.82, 2.24) is 4.98 Å². The van der Waals surface area contributed by atoms with Crippen molar-refractivity contribution in [2.45, 2.75) is 13.8 Å². The van der Waals surface area contributed by atoms with Crippen LogP contribution in [0.4, 0.5) is 5.69 Å². The van der Waals surface area contributed by atoms with Crippen LogP contribution in [0.2, 0.25) is 0 Å². The molecular weight excluding hydrogens is 232 g/mol. The van der Waals surface area contributed by atoms with Gasteiger partial charge in [0, 0.05) is 11.8 Å². The van der Waals surface area contributed by atoms with Gasteiger partial charge in [-0.15, -0.1) is 0 Å². The molecule has 0 saturated carbocycles. The lowest BCUT2D eigenvalue weighted by Gasteiger charge is -2.13. The van der Waals surface area contributed by atoms with E-state index >= 15 is 0 Å². The second-order valence-electron chi connectivity index (χ2n) is 4.87. The Hall–Kier alpha value is -2.35. The number of nitrogens with two attached hydrogens (primary N) is 1. The third kappa shape index (κ3) is 1.85. The lowest BCUT2D eigenvalue weighted by Crippen LogP contribution is -1.98. The first-order valence-corrected chi connectivity index (χ1v) is 6.38. The van der Waals surface area contributed by atoms with Gasteiger partial charge in [-0.1, -0.05) is 36.4 Å². The van der Waals surface area contributed by atoms with E-state index in [-0.39, 0.29) is 0 Å². The van der Waals surface area contributed by atoms with Crippen LogP contribution in [-0.4, -0.2) is 4.98 Å². The first-order chi connectivity index (χ1) is 9.18. The summed E-state index contributed by atoms with van der Waals surface area (Å²) in [6.45, 7) is 4.12. The van der Waals surface area contributed by atoms with Crippen molar-refractivity contribution in [2.75, 3.05) is 5.73 Å². The average Bonchev–Trinajstić information content (AvgIpc) is 2.43. The predicted octanol–water partition coefficient (Wildman–Crippen LogP) is 4.10. The SMILES string of the molecule is Cc1ccnc(-c2c(C)ccc3ccccc23)c1N. The van der Waals surface area contributed by atoms with E-state index in [9.17, 15) is 0 Å². The summed E-state index contributed by atoms with van der Waals surface area (Å²) >= 11 is 0. The summed E-state index contributed by atoms with van der Waals surface area (Å²) in [6, 6.07) is 14.6. The van der Waals surface area contributed by atoms with Crippen LogP contribution in [0, 0.1) is 13.8 Å². The second-order valence-corrected chi connectivity index (χ2v) is 4.87. The minimum atomic E-state index is 0.766. The Morgan fingerprint density at radius 1 is 0.895 bits per heavy atom. The molecule has 0 bridgehead atoms. The van der Waals surface area contributed by atoms with Crippen molar-refractivity contribution in [1.29, 1.82) is 0 Å². The maximum Gasteiger partial charge on any atom is 0.0942 e. The highest BCUT2D eigenvalue weighted by molar-refractivity contribution is 5.99. The number of hydrogen-bond donors (Lipinski definition) is 1. The summed E-state index contributed by atoms with van der Waals surface area (Å²) < 4.78 is 0. The smallest absolute Gasteiger partial charge is 0.0942 e. The van der Waals surface area contributed by atoms with E-state index in [1.165, 1.54) is 16.3 Å². The molecule has 2 aromatic carbocycles. The van der Waals surface area contributed by atoms with Crippen LogP contribution < -0.4 is 5.73 Å². The van der Waals surface area contributed by atoms with Crippen LogP contribution in [0.5, 0.6) is 0 Å². The molecule has 94 valence electrons. The van der Waals surface area contributed by atoms with E-state index in [1.807, 2.05) is 19.2 Å². The first kappa shape index (κ1) is 11.7. The number of aromatic nitrogens is 1. The van der Waals surface area contributed by atoms with Crippen molar-refractivity contribution in [3.8, 4) is 11.3 Å². The van der Waals surface area contributed by atoms with E-state index < -0.39 is 0 Å². The summed E-state index contributed by atoms with van der Waals surface area (Å²) in [7, 11) is 0. The molecule has 1 aromatic heterocycles. The van der Waals surface area contributed by atoms with Crippen molar-refractivity contribution in [3.05, 3.63) is 59.8 Å². The molecule has 0 atom stereocenters. The van der Waals surface area contributed by atoms with Gasteiger partial charge in [-0.2, -0.15) is 0 Å². The van der Waals surface area contributed by atoms with Gasteiger partial charge in [0.2, 0.25) is 0 Å². The molecule has 3 rings (SSSR count). The van der Waals surface area contributed by atoms with Crippen LogP contribution in [-0.2, 0) is 0 Å². The molecule has 0 fully saturated rings. The van der Waals surface area contributed by atoms with Gasteiger partial charge in [0.15, 0.2) is 0 Å². The summed E-state index contributed by atoms with van der Waals surface area (Å²) in [5.41, 5.74) is 11.3. The molecule has 0 spiro atoms. The van der Waals surface area contributed by atoms with E-state index in [4.69, 9.17) is 5.73 Å². The maximum absolute atomic E-state index is 6.21. The minimum absolute atomic E-state index is 0.766. The number of hydrogen-bond acceptors (Lipinski definition) is 2. The molecule has 2 N–H and O–H groups in total. The van der Waals surface area contributed by atoms with Gasteiger partial charge in [0.25, 0.3) is 0 Å². The highest BCUT2D eigenvalue weighted by atomic mass is 14.7. The molecule has 2 nitrogen and oxygen atoms in total. The Kier molecular flexibility index (Phi) is 2.71. The molecule has 2 heteroatoms. The van der Waals surface area contributed by atoms with Crippen molar-refractivity contribution < 1.29 is 0 Å². The fourth-order valence-electron chi connectivity index (χ4n) is 2.46. The normalized spacial score (nSPS) is 10.8. The summed E-state index contributed by atoms with van der Waals surface area (Å²) in [6.07, 6.45) is 1.82. The lowest BCUT2D eigenvalue weighted by molar-refractivity contribution is 1.28. The molecule has 0 unspecified atom stereocenters. The lowest BCUT2D eigenvalue weighted by atomic mass is 9.95. The number of benzene rings is 2. The standard InChI is InChI=1S/C17H16N2/c1-11-7-8-13-5-3-4-6-14(13)15(11)17-16(18)12(2)9-10-19-17/h3-10H,18H2,1-2H3. The van der Waals surface area contributed by atoms with Crippen molar-refractivity contribution in [2.24, 2.45) is 0 Å². The highest BCUT2D eigenvalue weighted by Crippen LogP contribution is 2.34. The van der Waals surface area contributed by atoms with Crippen LogP contribution in [0.15, 0.2) is 48.7 Å². The molecule has 0 saturated heterocycles. The molecule has 3 aromatic rings. The summed E-state index contributed by atoms with van der Waals surface area (Å²) in [5, 5.41) is 2.41. The monoisotopic (exact) mass is 248 g/mol. The van der Waals surface area contributed by atoms with Gasteiger partial charge in [0.05, 0.1) is 11.4 Å². The van der Waals surface area contributed by atoms with Gasteiger partial charge < -0.3 is 5.73 Å². The van der Waals surface area contributed by atoms with Gasteiger partial charge in [-0.3, -0.25) is 4.98 Å².